The number of rotatable bonds is 2. The third-order valence-corrected chi connectivity index (χ3v) is 3.50. The highest BCUT2D eigenvalue weighted by Crippen LogP contribution is 2.28. The summed E-state index contributed by atoms with van der Waals surface area (Å²) in [6, 6.07) is 14.7. The highest BCUT2D eigenvalue weighted by atomic mass is 32.1. The maximum Gasteiger partial charge on any atom is 0.273 e. The van der Waals surface area contributed by atoms with Gasteiger partial charge in [-0.2, -0.15) is 0 Å². The molecule has 3 rings (SSSR count). The second-order valence-corrected chi connectivity index (χ2v) is 4.59. The second kappa shape index (κ2) is 4.18. The molecule has 0 spiro atoms. The lowest BCUT2D eigenvalue weighted by atomic mass is 10.1. The maximum absolute atomic E-state index is 5.11. The van der Waals surface area contributed by atoms with Crippen LogP contribution in [-0.4, -0.2) is 12.1 Å². The smallest absolute Gasteiger partial charge is 0.273 e. The van der Waals surface area contributed by atoms with Gasteiger partial charge in [-0.1, -0.05) is 47.7 Å². The molecule has 2 nitrogen and oxygen atoms in total. The van der Waals surface area contributed by atoms with E-state index in [0.29, 0.717) is 5.19 Å². The Balaban J connectivity index is 2.11. The average molecular weight is 241 g/mol. The number of nitrogens with zero attached hydrogens (tertiary/aromatic N) is 1. The topological polar surface area (TPSA) is 22.1 Å². The maximum atomic E-state index is 5.11. The van der Waals surface area contributed by atoms with Crippen LogP contribution in [0.2, 0.25) is 0 Å². The molecule has 3 heteroatoms. The first-order chi connectivity index (χ1) is 8.36. The van der Waals surface area contributed by atoms with Crippen molar-refractivity contribution >= 4 is 22.1 Å². The lowest BCUT2D eigenvalue weighted by Crippen LogP contribution is -1.82. The van der Waals surface area contributed by atoms with Gasteiger partial charge < -0.3 is 4.74 Å². The second-order valence-electron chi connectivity index (χ2n) is 3.76. The molecule has 84 valence electrons. The SMILES string of the molecule is COc1nc(-c2ccc3ccccc3c2)cs1. The molecule has 1 aromatic heterocycles. The number of ether oxygens (including phenoxy) is 1. The van der Waals surface area contributed by atoms with E-state index >= 15 is 0 Å². The molecular weight excluding hydrogens is 230 g/mol. The van der Waals surface area contributed by atoms with Crippen molar-refractivity contribution in [2.24, 2.45) is 0 Å². The highest BCUT2D eigenvalue weighted by molar-refractivity contribution is 7.11. The largest absolute Gasteiger partial charge is 0.473 e. The van der Waals surface area contributed by atoms with Gasteiger partial charge in [0.25, 0.3) is 5.19 Å². The van der Waals surface area contributed by atoms with Gasteiger partial charge in [-0.05, 0) is 16.8 Å². The Morgan fingerprint density at radius 1 is 1.06 bits per heavy atom. The van der Waals surface area contributed by atoms with Crippen molar-refractivity contribution in [1.82, 2.24) is 4.98 Å². The van der Waals surface area contributed by atoms with E-state index in [1.807, 2.05) is 17.5 Å². The van der Waals surface area contributed by atoms with Crippen LogP contribution in [0, 0.1) is 0 Å². The number of methoxy groups -OCH3 is 1. The predicted octanol–water partition coefficient (Wildman–Crippen LogP) is 3.97. The minimum absolute atomic E-state index is 0.702. The molecule has 0 saturated carbocycles. The van der Waals surface area contributed by atoms with E-state index in [0.717, 1.165) is 11.3 Å². The molecule has 0 atom stereocenters. The van der Waals surface area contributed by atoms with Gasteiger partial charge in [0, 0.05) is 10.9 Å². The molecule has 0 aliphatic heterocycles. The van der Waals surface area contributed by atoms with E-state index in [2.05, 4.69) is 35.3 Å². The van der Waals surface area contributed by atoms with E-state index in [9.17, 15) is 0 Å². The first kappa shape index (κ1) is 10.3. The number of benzene rings is 2. The first-order valence-electron chi connectivity index (χ1n) is 5.35. The quantitative estimate of drug-likeness (QED) is 0.677. The molecule has 1 heterocycles. The average Bonchev–Trinajstić information content (AvgIpc) is 2.87. The zero-order valence-corrected chi connectivity index (χ0v) is 10.2. The first-order valence-corrected chi connectivity index (χ1v) is 6.23. The summed E-state index contributed by atoms with van der Waals surface area (Å²) in [6.45, 7) is 0. The van der Waals surface area contributed by atoms with Crippen molar-refractivity contribution in [3.63, 3.8) is 0 Å². The summed E-state index contributed by atoms with van der Waals surface area (Å²) < 4.78 is 5.11. The monoisotopic (exact) mass is 241 g/mol. The zero-order chi connectivity index (χ0) is 11.7. The number of hydrogen-bond acceptors (Lipinski definition) is 3. The Hall–Kier alpha value is -1.87. The van der Waals surface area contributed by atoms with Gasteiger partial charge in [-0.15, -0.1) is 0 Å². The van der Waals surface area contributed by atoms with Crippen LogP contribution < -0.4 is 4.74 Å². The van der Waals surface area contributed by atoms with Crippen molar-refractivity contribution in [3.8, 4) is 16.5 Å². The van der Waals surface area contributed by atoms with Gasteiger partial charge in [-0.25, -0.2) is 4.98 Å². The summed E-state index contributed by atoms with van der Waals surface area (Å²) in [4.78, 5) is 4.40. The minimum Gasteiger partial charge on any atom is -0.473 e. The van der Waals surface area contributed by atoms with E-state index in [-0.39, 0.29) is 0 Å². The molecule has 0 unspecified atom stereocenters. The Labute approximate surface area is 104 Å². The Bertz CT molecular complexity index is 660. The van der Waals surface area contributed by atoms with Crippen molar-refractivity contribution in [3.05, 3.63) is 47.8 Å². The van der Waals surface area contributed by atoms with Crippen LogP contribution in [0.15, 0.2) is 47.8 Å². The van der Waals surface area contributed by atoms with Gasteiger partial charge in [0.05, 0.1) is 12.8 Å². The molecule has 0 amide bonds. The molecule has 0 saturated heterocycles. The van der Waals surface area contributed by atoms with Crippen LogP contribution in [0.25, 0.3) is 22.0 Å². The lowest BCUT2D eigenvalue weighted by molar-refractivity contribution is 0.412. The van der Waals surface area contributed by atoms with Gasteiger partial charge >= 0.3 is 0 Å². The fraction of sp³-hybridized carbons (Fsp3) is 0.0714. The summed E-state index contributed by atoms with van der Waals surface area (Å²) in [5, 5.41) is 5.20. The van der Waals surface area contributed by atoms with Crippen LogP contribution >= 0.6 is 11.3 Å². The van der Waals surface area contributed by atoms with E-state index in [4.69, 9.17) is 4.74 Å². The lowest BCUT2D eigenvalue weighted by Gasteiger charge is -2.00. The third-order valence-electron chi connectivity index (χ3n) is 2.70. The van der Waals surface area contributed by atoms with Crippen molar-refractivity contribution in [2.75, 3.05) is 7.11 Å². The molecule has 0 aliphatic rings. The summed E-state index contributed by atoms with van der Waals surface area (Å²) in [7, 11) is 1.64. The van der Waals surface area contributed by atoms with Gasteiger partial charge in [0.1, 0.15) is 0 Å². The fourth-order valence-corrected chi connectivity index (χ4v) is 2.48. The molecule has 17 heavy (non-hydrogen) atoms. The van der Waals surface area contributed by atoms with Crippen LogP contribution in [0.5, 0.6) is 5.19 Å². The standard InChI is InChI=1S/C14H11NOS/c1-16-14-15-13(9-17-14)12-7-6-10-4-2-3-5-11(10)8-12/h2-9H,1H3. The van der Waals surface area contributed by atoms with E-state index < -0.39 is 0 Å². The van der Waals surface area contributed by atoms with E-state index in [1.54, 1.807) is 7.11 Å². The minimum atomic E-state index is 0.702. The summed E-state index contributed by atoms with van der Waals surface area (Å²) >= 11 is 1.52. The van der Waals surface area contributed by atoms with Crippen molar-refractivity contribution in [2.45, 2.75) is 0 Å². The number of thiazole rings is 1. The van der Waals surface area contributed by atoms with Crippen LogP contribution in [0.1, 0.15) is 0 Å². The van der Waals surface area contributed by atoms with Crippen LogP contribution in [0.4, 0.5) is 0 Å². The molecule has 0 radical (unpaired) electrons. The molecule has 0 N–H and O–H groups in total. The van der Waals surface area contributed by atoms with Gasteiger partial charge in [0.15, 0.2) is 0 Å². The summed E-state index contributed by atoms with van der Waals surface area (Å²) in [5.41, 5.74) is 2.10. The normalized spacial score (nSPS) is 10.6. The summed E-state index contributed by atoms with van der Waals surface area (Å²) in [6.07, 6.45) is 0. The van der Waals surface area contributed by atoms with Crippen LogP contribution in [-0.2, 0) is 0 Å². The van der Waals surface area contributed by atoms with E-state index in [1.165, 1.54) is 22.1 Å². The number of hydrogen-bond donors (Lipinski definition) is 0. The zero-order valence-electron chi connectivity index (χ0n) is 9.38. The molecule has 0 fully saturated rings. The van der Waals surface area contributed by atoms with Crippen molar-refractivity contribution in [1.29, 1.82) is 0 Å². The highest BCUT2D eigenvalue weighted by Gasteiger charge is 2.04. The van der Waals surface area contributed by atoms with Gasteiger partial charge in [0.2, 0.25) is 0 Å². The van der Waals surface area contributed by atoms with Gasteiger partial charge in [-0.3, -0.25) is 0 Å². The summed E-state index contributed by atoms with van der Waals surface area (Å²) in [5.74, 6) is 0. The fourth-order valence-electron chi connectivity index (χ4n) is 1.83. The molecule has 0 bridgehead atoms. The van der Waals surface area contributed by atoms with Crippen LogP contribution in [0.3, 0.4) is 0 Å². The molecule has 2 aromatic carbocycles. The predicted molar refractivity (Wildman–Crippen MR) is 71.6 cm³/mol. The Morgan fingerprint density at radius 3 is 2.65 bits per heavy atom. The number of aromatic nitrogens is 1. The Kier molecular flexibility index (Phi) is 2.53. The third kappa shape index (κ3) is 1.89. The van der Waals surface area contributed by atoms with Crippen molar-refractivity contribution < 1.29 is 4.74 Å². The Morgan fingerprint density at radius 2 is 1.88 bits per heavy atom. The molecule has 0 aliphatic carbocycles. The molecular formula is C14H11NOS. The molecule has 3 aromatic rings. The number of fused-ring (bicyclic) bond motifs is 1.